The van der Waals surface area contributed by atoms with Gasteiger partial charge in [0.05, 0.1) is 12.4 Å². The lowest BCUT2D eigenvalue weighted by Gasteiger charge is -1.93. The number of nitrogens with zero attached hydrogens (tertiary/aromatic N) is 2. The highest BCUT2D eigenvalue weighted by Crippen LogP contribution is 2.20. The van der Waals surface area contributed by atoms with Crippen molar-refractivity contribution in [2.24, 2.45) is 0 Å². The van der Waals surface area contributed by atoms with Crippen molar-refractivity contribution >= 4 is 6.01 Å². The third-order valence-electron chi connectivity index (χ3n) is 1.51. The normalized spacial score (nSPS) is 10.2. The predicted molar refractivity (Wildman–Crippen MR) is 44.1 cm³/mol. The van der Waals surface area contributed by atoms with Crippen molar-refractivity contribution in [2.45, 2.75) is 0 Å². The molecule has 2 N–H and O–H groups in total. The van der Waals surface area contributed by atoms with Crippen LogP contribution in [0.3, 0.4) is 0 Å². The first-order chi connectivity index (χ1) is 6.25. The Morgan fingerprint density at radius 3 is 2.77 bits per heavy atom. The van der Waals surface area contributed by atoms with Gasteiger partial charge in [-0.25, -0.2) is 9.37 Å². The Hall–Kier alpha value is -1.91. The molecule has 0 aliphatic carbocycles. The van der Waals surface area contributed by atoms with Crippen LogP contribution in [0.4, 0.5) is 10.4 Å². The number of nitrogens with two attached hydrogens (primary N) is 1. The average Bonchev–Trinajstić information content (AvgIpc) is 2.52. The van der Waals surface area contributed by atoms with E-state index in [2.05, 4.69) is 9.97 Å². The van der Waals surface area contributed by atoms with Gasteiger partial charge in [-0.3, -0.25) is 4.98 Å². The van der Waals surface area contributed by atoms with Crippen molar-refractivity contribution in [3.63, 3.8) is 0 Å². The first-order valence-electron chi connectivity index (χ1n) is 3.58. The molecule has 4 nitrogen and oxygen atoms in total. The highest BCUT2D eigenvalue weighted by atomic mass is 19.1. The van der Waals surface area contributed by atoms with Crippen LogP contribution in [0.5, 0.6) is 0 Å². The molecular weight excluding hydrogens is 173 g/mol. The van der Waals surface area contributed by atoms with E-state index in [1.807, 2.05) is 0 Å². The summed E-state index contributed by atoms with van der Waals surface area (Å²) in [5.41, 5.74) is 5.78. The Kier molecular flexibility index (Phi) is 1.70. The maximum atomic E-state index is 12.7. The summed E-state index contributed by atoms with van der Waals surface area (Å²) >= 11 is 0. The van der Waals surface area contributed by atoms with Crippen LogP contribution in [0.2, 0.25) is 0 Å². The number of aromatic nitrogens is 2. The van der Waals surface area contributed by atoms with Crippen LogP contribution in [-0.4, -0.2) is 9.97 Å². The number of hydrogen-bond acceptors (Lipinski definition) is 4. The largest absolute Gasteiger partial charge is 0.424 e. The Balaban J connectivity index is 2.46. The SMILES string of the molecule is Nc1ncc(-c2cncc(F)c2)o1. The molecule has 0 atom stereocenters. The minimum atomic E-state index is -0.424. The van der Waals surface area contributed by atoms with Gasteiger partial charge in [0, 0.05) is 11.8 Å². The lowest BCUT2D eigenvalue weighted by molar-refractivity contribution is 0.590. The van der Waals surface area contributed by atoms with E-state index in [0.717, 1.165) is 6.20 Å². The standard InChI is InChI=1S/C8H6FN3O/c9-6-1-5(2-11-3-6)7-4-12-8(10)13-7/h1-4H,(H2,10,12). The molecule has 2 heterocycles. The highest BCUT2D eigenvalue weighted by molar-refractivity contribution is 5.55. The van der Waals surface area contributed by atoms with Gasteiger partial charge in [0.15, 0.2) is 5.76 Å². The van der Waals surface area contributed by atoms with E-state index < -0.39 is 5.82 Å². The Labute approximate surface area is 73.2 Å². The zero-order valence-electron chi connectivity index (χ0n) is 6.57. The van der Waals surface area contributed by atoms with E-state index in [1.54, 1.807) is 0 Å². The molecule has 13 heavy (non-hydrogen) atoms. The van der Waals surface area contributed by atoms with Crippen LogP contribution in [-0.2, 0) is 0 Å². The molecule has 0 unspecified atom stereocenters. The molecule has 5 heteroatoms. The number of nitrogen functional groups attached to an aromatic ring is 1. The maximum absolute atomic E-state index is 12.7. The van der Waals surface area contributed by atoms with Gasteiger partial charge in [0.25, 0.3) is 6.01 Å². The van der Waals surface area contributed by atoms with Gasteiger partial charge in [-0.15, -0.1) is 0 Å². The number of oxazole rings is 1. The van der Waals surface area contributed by atoms with Crippen molar-refractivity contribution < 1.29 is 8.81 Å². The summed E-state index contributed by atoms with van der Waals surface area (Å²) in [6.07, 6.45) is 4.01. The summed E-state index contributed by atoms with van der Waals surface area (Å²) < 4.78 is 17.7. The number of anilines is 1. The van der Waals surface area contributed by atoms with Gasteiger partial charge < -0.3 is 10.2 Å². The molecular formula is C8H6FN3O. The first-order valence-corrected chi connectivity index (χ1v) is 3.58. The van der Waals surface area contributed by atoms with Crippen molar-refractivity contribution in [2.75, 3.05) is 5.73 Å². The molecule has 0 spiro atoms. The summed E-state index contributed by atoms with van der Waals surface area (Å²) in [7, 11) is 0. The molecule has 0 aliphatic rings. The van der Waals surface area contributed by atoms with Crippen molar-refractivity contribution in [1.29, 1.82) is 0 Å². The quantitative estimate of drug-likeness (QED) is 0.719. The van der Waals surface area contributed by atoms with Crippen molar-refractivity contribution in [3.8, 4) is 11.3 Å². The average molecular weight is 179 g/mol. The third kappa shape index (κ3) is 1.48. The summed E-state index contributed by atoms with van der Waals surface area (Å²) in [5, 5.41) is 0. The van der Waals surface area contributed by atoms with Gasteiger partial charge in [0.2, 0.25) is 0 Å². The lowest BCUT2D eigenvalue weighted by Crippen LogP contribution is -1.81. The topological polar surface area (TPSA) is 64.9 Å². The second kappa shape index (κ2) is 2.85. The molecule has 66 valence electrons. The van der Waals surface area contributed by atoms with Gasteiger partial charge in [-0.1, -0.05) is 0 Å². The summed E-state index contributed by atoms with van der Waals surface area (Å²) in [4.78, 5) is 7.35. The molecule has 2 rings (SSSR count). The monoisotopic (exact) mass is 179 g/mol. The number of hydrogen-bond donors (Lipinski definition) is 1. The van der Waals surface area contributed by atoms with E-state index in [1.165, 1.54) is 18.5 Å². The van der Waals surface area contributed by atoms with Gasteiger partial charge in [-0.05, 0) is 6.07 Å². The van der Waals surface area contributed by atoms with E-state index in [4.69, 9.17) is 10.2 Å². The maximum Gasteiger partial charge on any atom is 0.292 e. The Morgan fingerprint density at radius 1 is 1.31 bits per heavy atom. The first kappa shape index (κ1) is 7.72. The van der Waals surface area contributed by atoms with Crippen LogP contribution < -0.4 is 5.73 Å². The zero-order valence-corrected chi connectivity index (χ0v) is 6.57. The Morgan fingerprint density at radius 2 is 2.15 bits per heavy atom. The fourth-order valence-corrected chi connectivity index (χ4v) is 0.968. The Bertz CT molecular complexity index is 427. The second-order valence-corrected chi connectivity index (χ2v) is 2.45. The molecule has 2 aromatic heterocycles. The molecule has 0 amide bonds. The summed E-state index contributed by atoms with van der Waals surface area (Å²) in [6.45, 7) is 0. The number of pyridine rings is 1. The second-order valence-electron chi connectivity index (χ2n) is 2.45. The highest BCUT2D eigenvalue weighted by Gasteiger charge is 2.04. The van der Waals surface area contributed by atoms with E-state index in [0.29, 0.717) is 11.3 Å². The van der Waals surface area contributed by atoms with Gasteiger partial charge in [-0.2, -0.15) is 0 Å². The van der Waals surface area contributed by atoms with Crippen LogP contribution in [0.25, 0.3) is 11.3 Å². The smallest absolute Gasteiger partial charge is 0.292 e. The van der Waals surface area contributed by atoms with Crippen LogP contribution in [0.1, 0.15) is 0 Å². The molecule has 0 radical (unpaired) electrons. The minimum Gasteiger partial charge on any atom is -0.424 e. The lowest BCUT2D eigenvalue weighted by atomic mass is 10.2. The summed E-state index contributed by atoms with van der Waals surface area (Å²) in [5.74, 6) is -0.0167. The fourth-order valence-electron chi connectivity index (χ4n) is 0.968. The van der Waals surface area contributed by atoms with Gasteiger partial charge >= 0.3 is 0 Å². The molecule has 2 aromatic rings. The van der Waals surface area contributed by atoms with E-state index >= 15 is 0 Å². The zero-order chi connectivity index (χ0) is 9.26. The number of rotatable bonds is 1. The number of halogens is 1. The van der Waals surface area contributed by atoms with E-state index in [9.17, 15) is 4.39 Å². The third-order valence-corrected chi connectivity index (χ3v) is 1.51. The summed E-state index contributed by atoms with van der Waals surface area (Å²) in [6, 6.07) is 1.35. The molecule has 0 fully saturated rings. The van der Waals surface area contributed by atoms with Crippen LogP contribution in [0.15, 0.2) is 29.1 Å². The predicted octanol–water partition coefficient (Wildman–Crippen LogP) is 1.46. The van der Waals surface area contributed by atoms with Crippen molar-refractivity contribution in [1.82, 2.24) is 9.97 Å². The molecule has 0 saturated heterocycles. The van der Waals surface area contributed by atoms with Gasteiger partial charge in [0.1, 0.15) is 5.82 Å². The molecule has 0 bridgehead atoms. The van der Waals surface area contributed by atoms with Crippen molar-refractivity contribution in [3.05, 3.63) is 30.5 Å². The molecule has 0 aromatic carbocycles. The van der Waals surface area contributed by atoms with E-state index in [-0.39, 0.29) is 6.01 Å². The molecule has 0 saturated carbocycles. The van der Waals surface area contributed by atoms with Crippen LogP contribution >= 0.6 is 0 Å². The fraction of sp³-hybridized carbons (Fsp3) is 0. The molecule has 0 aliphatic heterocycles. The van der Waals surface area contributed by atoms with Crippen LogP contribution in [0, 0.1) is 5.82 Å². The minimum absolute atomic E-state index is 0.0549.